The minimum Gasteiger partial charge on any atom is -0.494 e. The van der Waals surface area contributed by atoms with Gasteiger partial charge in [-0.2, -0.15) is 5.10 Å². The lowest BCUT2D eigenvalue weighted by Gasteiger charge is -2.12. The summed E-state index contributed by atoms with van der Waals surface area (Å²) in [4.78, 5) is 10.3. The number of hydrazone groups is 1. The van der Waals surface area contributed by atoms with Crippen LogP contribution in [0.3, 0.4) is 0 Å². The van der Waals surface area contributed by atoms with E-state index < -0.39 is 4.92 Å². The number of non-ortho nitro benzene ring substituents is 1. The maximum atomic E-state index is 10.7. The molecule has 0 amide bonds. The summed E-state index contributed by atoms with van der Waals surface area (Å²) in [5.41, 5.74) is 3.64. The van der Waals surface area contributed by atoms with Crippen LogP contribution in [0.1, 0.15) is 5.56 Å². The molecule has 0 heterocycles. The van der Waals surface area contributed by atoms with Crippen molar-refractivity contribution in [1.82, 2.24) is 0 Å². The average molecular weight is 370 g/mol. The third-order valence-electron chi connectivity index (χ3n) is 3.02. The Morgan fingerprint density at radius 2 is 1.92 bits per heavy atom. The van der Waals surface area contributed by atoms with Crippen molar-refractivity contribution in [2.75, 3.05) is 19.6 Å². The maximum absolute atomic E-state index is 10.7. The Morgan fingerprint density at radius 3 is 2.54 bits per heavy atom. The Labute approximate surface area is 147 Å². The molecule has 1 N–H and O–H groups in total. The zero-order valence-corrected chi connectivity index (χ0v) is 14.3. The number of nitrogens with one attached hydrogen (secondary N) is 1. The second-order valence-electron chi connectivity index (χ2n) is 4.51. The van der Waals surface area contributed by atoms with Gasteiger partial charge < -0.3 is 9.47 Å². The zero-order chi connectivity index (χ0) is 17.7. The molecule has 24 heavy (non-hydrogen) atoms. The molecule has 0 fully saturated rings. The summed E-state index contributed by atoms with van der Waals surface area (Å²) in [5, 5.41) is 15.3. The molecule has 0 saturated heterocycles. The summed E-state index contributed by atoms with van der Waals surface area (Å²) < 4.78 is 10.4. The molecule has 2 aromatic rings. The number of rotatable bonds is 6. The van der Waals surface area contributed by atoms with Crippen molar-refractivity contribution >= 4 is 40.8 Å². The van der Waals surface area contributed by atoms with Crippen molar-refractivity contribution in [2.45, 2.75) is 0 Å². The van der Waals surface area contributed by atoms with E-state index in [0.717, 1.165) is 0 Å². The van der Waals surface area contributed by atoms with Crippen LogP contribution in [-0.4, -0.2) is 25.4 Å². The largest absolute Gasteiger partial charge is 0.494 e. The molecule has 2 rings (SSSR count). The molecule has 0 spiro atoms. The molecule has 0 aliphatic heterocycles. The van der Waals surface area contributed by atoms with Gasteiger partial charge >= 0.3 is 0 Å². The van der Waals surface area contributed by atoms with E-state index in [2.05, 4.69) is 10.5 Å². The van der Waals surface area contributed by atoms with E-state index in [4.69, 9.17) is 32.7 Å². The second kappa shape index (κ2) is 7.85. The fourth-order valence-corrected chi connectivity index (χ4v) is 2.66. The van der Waals surface area contributed by atoms with Gasteiger partial charge in [0.2, 0.25) is 0 Å². The number of halogens is 2. The summed E-state index contributed by atoms with van der Waals surface area (Å²) in [6, 6.07) is 7.54. The van der Waals surface area contributed by atoms with Crippen molar-refractivity contribution in [3.05, 3.63) is 56.1 Å². The second-order valence-corrected chi connectivity index (χ2v) is 5.29. The molecule has 0 aromatic heterocycles. The van der Waals surface area contributed by atoms with E-state index in [1.165, 1.54) is 32.6 Å². The molecule has 9 heteroatoms. The van der Waals surface area contributed by atoms with Crippen molar-refractivity contribution < 1.29 is 14.4 Å². The highest BCUT2D eigenvalue weighted by Crippen LogP contribution is 2.41. The normalized spacial score (nSPS) is 10.7. The first-order valence-corrected chi connectivity index (χ1v) is 7.37. The molecule has 0 aliphatic carbocycles. The van der Waals surface area contributed by atoms with E-state index in [9.17, 15) is 10.1 Å². The van der Waals surface area contributed by atoms with Gasteiger partial charge in [-0.1, -0.05) is 29.3 Å². The van der Waals surface area contributed by atoms with Crippen LogP contribution in [0.25, 0.3) is 0 Å². The van der Waals surface area contributed by atoms with Gasteiger partial charge in [-0.3, -0.25) is 15.5 Å². The first-order valence-electron chi connectivity index (χ1n) is 6.61. The predicted molar refractivity (Wildman–Crippen MR) is 93.9 cm³/mol. The van der Waals surface area contributed by atoms with Gasteiger partial charge in [-0.05, 0) is 12.1 Å². The number of benzene rings is 2. The SMILES string of the molecule is COc1c(Cl)cc(C=NNc2cccc([N+](=O)[O-])c2)c(OC)c1Cl. The number of nitro benzene ring substituents is 1. The van der Waals surface area contributed by atoms with Crippen LogP contribution in [-0.2, 0) is 0 Å². The summed E-state index contributed by atoms with van der Waals surface area (Å²) in [5.74, 6) is 0.654. The molecule has 0 saturated carbocycles. The van der Waals surface area contributed by atoms with Crippen molar-refractivity contribution in [3.8, 4) is 11.5 Å². The molecule has 0 aliphatic rings. The molecule has 7 nitrogen and oxygen atoms in total. The highest BCUT2D eigenvalue weighted by Gasteiger charge is 2.16. The Kier molecular flexibility index (Phi) is 5.83. The topological polar surface area (TPSA) is 86.0 Å². The Bertz CT molecular complexity index is 797. The van der Waals surface area contributed by atoms with Gasteiger partial charge in [-0.25, -0.2) is 0 Å². The lowest BCUT2D eigenvalue weighted by molar-refractivity contribution is -0.384. The number of anilines is 1. The summed E-state index contributed by atoms with van der Waals surface area (Å²) in [6.45, 7) is 0. The van der Waals surface area contributed by atoms with Crippen LogP contribution in [0.5, 0.6) is 11.5 Å². The molecular formula is C15H13Cl2N3O4. The van der Waals surface area contributed by atoms with E-state index in [-0.39, 0.29) is 10.7 Å². The van der Waals surface area contributed by atoms with E-state index in [1.807, 2.05) is 0 Å². The number of methoxy groups -OCH3 is 2. The van der Waals surface area contributed by atoms with Crippen LogP contribution in [0.4, 0.5) is 11.4 Å². The van der Waals surface area contributed by atoms with Gasteiger partial charge in [0.1, 0.15) is 10.8 Å². The molecule has 0 bridgehead atoms. The lowest BCUT2D eigenvalue weighted by atomic mass is 10.2. The predicted octanol–water partition coefficient (Wildman–Crippen LogP) is 4.36. The molecule has 0 unspecified atom stereocenters. The van der Waals surface area contributed by atoms with E-state index in [1.54, 1.807) is 18.2 Å². The van der Waals surface area contributed by atoms with Crippen molar-refractivity contribution in [2.24, 2.45) is 5.10 Å². The first-order chi connectivity index (χ1) is 11.5. The summed E-state index contributed by atoms with van der Waals surface area (Å²) in [6.07, 6.45) is 1.44. The minimum absolute atomic E-state index is 0.0386. The summed E-state index contributed by atoms with van der Waals surface area (Å²) in [7, 11) is 2.91. The van der Waals surface area contributed by atoms with Gasteiger partial charge in [0.15, 0.2) is 5.75 Å². The standard InChI is InChI=1S/C15H13Cl2N3O4/c1-23-14-9(6-12(16)15(24-2)13(14)17)8-18-19-10-4-3-5-11(7-10)20(21)22/h3-8,19H,1-2H3. The fourth-order valence-electron chi connectivity index (χ4n) is 1.96. The molecular weight excluding hydrogens is 357 g/mol. The highest BCUT2D eigenvalue weighted by molar-refractivity contribution is 6.38. The van der Waals surface area contributed by atoms with Gasteiger partial charge in [0.25, 0.3) is 5.69 Å². The average Bonchev–Trinajstić information content (AvgIpc) is 2.55. The van der Waals surface area contributed by atoms with Crippen LogP contribution in [0, 0.1) is 10.1 Å². The third-order valence-corrected chi connectivity index (χ3v) is 3.65. The van der Waals surface area contributed by atoms with Crippen molar-refractivity contribution in [1.29, 1.82) is 0 Å². The van der Waals surface area contributed by atoms with E-state index >= 15 is 0 Å². The van der Waals surface area contributed by atoms with Gasteiger partial charge in [0, 0.05) is 17.7 Å². The van der Waals surface area contributed by atoms with Gasteiger partial charge in [0.05, 0.1) is 36.1 Å². The summed E-state index contributed by atoms with van der Waals surface area (Å²) >= 11 is 12.3. The van der Waals surface area contributed by atoms with E-state index in [0.29, 0.717) is 27.8 Å². The maximum Gasteiger partial charge on any atom is 0.271 e. The monoisotopic (exact) mass is 369 g/mol. The lowest BCUT2D eigenvalue weighted by Crippen LogP contribution is -1.98. The number of hydrogen-bond donors (Lipinski definition) is 1. The van der Waals surface area contributed by atoms with Gasteiger partial charge in [-0.15, -0.1) is 0 Å². The Hall–Kier alpha value is -2.51. The Balaban J connectivity index is 2.26. The van der Waals surface area contributed by atoms with Crippen LogP contribution >= 0.6 is 23.2 Å². The third kappa shape index (κ3) is 3.87. The molecule has 2 aromatic carbocycles. The van der Waals surface area contributed by atoms with Crippen LogP contribution in [0.2, 0.25) is 10.0 Å². The quantitative estimate of drug-likeness (QED) is 0.464. The fraction of sp³-hybridized carbons (Fsp3) is 0.133. The number of nitrogens with zero attached hydrogens (tertiary/aromatic N) is 2. The van der Waals surface area contributed by atoms with Crippen LogP contribution < -0.4 is 14.9 Å². The first kappa shape index (κ1) is 17.8. The number of ether oxygens (including phenoxy) is 2. The van der Waals surface area contributed by atoms with Crippen LogP contribution in [0.15, 0.2) is 35.4 Å². The highest BCUT2D eigenvalue weighted by atomic mass is 35.5. The number of hydrogen-bond acceptors (Lipinski definition) is 6. The Morgan fingerprint density at radius 1 is 1.21 bits per heavy atom. The molecule has 126 valence electrons. The van der Waals surface area contributed by atoms with Crippen molar-refractivity contribution in [3.63, 3.8) is 0 Å². The minimum atomic E-state index is -0.485. The molecule has 0 atom stereocenters. The number of nitro groups is 1. The smallest absolute Gasteiger partial charge is 0.271 e. The zero-order valence-electron chi connectivity index (χ0n) is 12.7. The molecule has 0 radical (unpaired) electrons.